The molecule has 1 aromatic rings. The van der Waals surface area contributed by atoms with Gasteiger partial charge in [0.25, 0.3) is 0 Å². The lowest BCUT2D eigenvalue weighted by Crippen LogP contribution is -2.54. The van der Waals surface area contributed by atoms with Crippen LogP contribution in [-0.2, 0) is 21.7 Å². The number of rotatable bonds is 3. The molecular formula is C12H16ClN3O3. The van der Waals surface area contributed by atoms with E-state index in [2.05, 4.69) is 0 Å². The molecule has 7 heteroatoms. The molecule has 0 aliphatic carbocycles. The number of halogens is 1. The Hall–Kier alpha value is -1.34. The van der Waals surface area contributed by atoms with Crippen molar-refractivity contribution in [2.24, 2.45) is 11.5 Å². The number of benzene rings is 1. The number of carbonyl (C=O) groups is 1. The van der Waals surface area contributed by atoms with Crippen molar-refractivity contribution >= 4 is 17.8 Å². The first kappa shape index (κ1) is 14.1. The minimum atomic E-state index is -1.20. The Morgan fingerprint density at radius 1 is 1.37 bits per heavy atom. The maximum Gasteiger partial charge on any atom is 0.332 e. The van der Waals surface area contributed by atoms with E-state index < -0.39 is 11.8 Å². The van der Waals surface area contributed by atoms with E-state index in [9.17, 15) is 4.79 Å². The molecule has 0 spiro atoms. The summed E-state index contributed by atoms with van der Waals surface area (Å²) in [4.78, 5) is 11.4. The molecule has 104 valence electrons. The summed E-state index contributed by atoms with van der Waals surface area (Å²) in [6, 6.07) is 6.50. The van der Waals surface area contributed by atoms with Crippen LogP contribution in [0.5, 0.6) is 0 Å². The van der Waals surface area contributed by atoms with Gasteiger partial charge in [0.15, 0.2) is 0 Å². The lowest BCUT2D eigenvalue weighted by molar-refractivity contribution is -0.202. The minimum absolute atomic E-state index is 0.126. The SMILES string of the molecule is NCc1ccc(C2(N(Cl)C(N)=O)COCCO2)cc1. The number of nitrogens with two attached hydrogens (primary N) is 2. The Morgan fingerprint density at radius 3 is 2.53 bits per heavy atom. The lowest BCUT2D eigenvalue weighted by Gasteiger charge is -2.41. The molecule has 0 saturated carbocycles. The van der Waals surface area contributed by atoms with Crippen LogP contribution in [0.15, 0.2) is 24.3 Å². The summed E-state index contributed by atoms with van der Waals surface area (Å²) in [6.07, 6.45) is 0. The molecule has 1 saturated heterocycles. The van der Waals surface area contributed by atoms with E-state index in [0.29, 0.717) is 25.3 Å². The van der Waals surface area contributed by atoms with E-state index in [1.165, 1.54) is 0 Å². The molecule has 1 aliphatic heterocycles. The number of carbonyl (C=O) groups excluding carboxylic acids is 1. The summed E-state index contributed by atoms with van der Waals surface area (Å²) in [5.41, 5.74) is 11.3. The zero-order valence-electron chi connectivity index (χ0n) is 10.3. The third-order valence-corrected chi connectivity index (χ3v) is 3.46. The number of urea groups is 1. The molecule has 1 aliphatic rings. The molecule has 1 unspecified atom stereocenters. The maximum absolute atomic E-state index is 11.4. The van der Waals surface area contributed by atoms with Crippen LogP contribution >= 0.6 is 11.8 Å². The molecule has 1 heterocycles. The van der Waals surface area contributed by atoms with Crippen LogP contribution in [-0.4, -0.2) is 30.3 Å². The average molecular weight is 286 g/mol. The largest absolute Gasteiger partial charge is 0.374 e. The average Bonchev–Trinajstić information content (AvgIpc) is 2.47. The van der Waals surface area contributed by atoms with Crippen LogP contribution in [0.25, 0.3) is 0 Å². The summed E-state index contributed by atoms with van der Waals surface area (Å²) in [5, 5.41) is 0. The Labute approximate surface area is 116 Å². The summed E-state index contributed by atoms with van der Waals surface area (Å²) >= 11 is 5.99. The number of hydrogen-bond donors (Lipinski definition) is 2. The fourth-order valence-electron chi connectivity index (χ4n) is 1.99. The zero-order valence-corrected chi connectivity index (χ0v) is 11.1. The van der Waals surface area contributed by atoms with E-state index in [1.807, 2.05) is 12.1 Å². The van der Waals surface area contributed by atoms with Crippen LogP contribution in [0.4, 0.5) is 4.79 Å². The van der Waals surface area contributed by atoms with Gasteiger partial charge in [0.2, 0.25) is 5.72 Å². The Bertz CT molecular complexity index is 446. The van der Waals surface area contributed by atoms with Gasteiger partial charge in [0.05, 0.1) is 13.2 Å². The lowest BCUT2D eigenvalue weighted by atomic mass is 10.0. The summed E-state index contributed by atoms with van der Waals surface area (Å²) in [6.45, 7) is 1.34. The van der Waals surface area contributed by atoms with Gasteiger partial charge in [-0.1, -0.05) is 24.3 Å². The van der Waals surface area contributed by atoms with Crippen molar-refractivity contribution in [3.05, 3.63) is 35.4 Å². The van der Waals surface area contributed by atoms with Gasteiger partial charge in [-0.05, 0) is 5.56 Å². The van der Waals surface area contributed by atoms with E-state index in [4.69, 9.17) is 32.7 Å². The molecule has 2 rings (SSSR count). The van der Waals surface area contributed by atoms with Crippen LogP contribution in [0.1, 0.15) is 11.1 Å². The normalized spacial score (nSPS) is 23.1. The second kappa shape index (κ2) is 5.75. The van der Waals surface area contributed by atoms with Crippen LogP contribution in [0.3, 0.4) is 0 Å². The van der Waals surface area contributed by atoms with E-state index in [-0.39, 0.29) is 6.61 Å². The predicted molar refractivity (Wildman–Crippen MR) is 70.1 cm³/mol. The molecule has 0 bridgehead atoms. The quantitative estimate of drug-likeness (QED) is 0.807. The van der Waals surface area contributed by atoms with Gasteiger partial charge in [-0.2, -0.15) is 4.42 Å². The minimum Gasteiger partial charge on any atom is -0.374 e. The highest BCUT2D eigenvalue weighted by Crippen LogP contribution is 2.34. The monoisotopic (exact) mass is 285 g/mol. The molecule has 4 N–H and O–H groups in total. The summed E-state index contributed by atoms with van der Waals surface area (Å²) in [5.74, 6) is 0. The van der Waals surface area contributed by atoms with E-state index in [0.717, 1.165) is 9.98 Å². The van der Waals surface area contributed by atoms with Crippen molar-refractivity contribution in [3.63, 3.8) is 0 Å². The van der Waals surface area contributed by atoms with Crippen molar-refractivity contribution in [1.82, 2.24) is 4.42 Å². The third kappa shape index (κ3) is 2.66. The number of primary amides is 1. The second-order valence-electron chi connectivity index (χ2n) is 4.21. The van der Waals surface area contributed by atoms with Crippen LogP contribution in [0, 0.1) is 0 Å². The number of amides is 2. The topological polar surface area (TPSA) is 90.8 Å². The highest BCUT2D eigenvalue weighted by atomic mass is 35.5. The summed E-state index contributed by atoms with van der Waals surface area (Å²) < 4.78 is 11.9. The molecule has 6 nitrogen and oxygen atoms in total. The first-order valence-electron chi connectivity index (χ1n) is 5.87. The molecule has 1 fully saturated rings. The van der Waals surface area contributed by atoms with Gasteiger partial charge in [-0.25, -0.2) is 4.79 Å². The van der Waals surface area contributed by atoms with Crippen molar-refractivity contribution in [2.75, 3.05) is 19.8 Å². The molecule has 19 heavy (non-hydrogen) atoms. The third-order valence-electron chi connectivity index (χ3n) is 3.02. The van der Waals surface area contributed by atoms with E-state index in [1.54, 1.807) is 12.1 Å². The molecule has 1 atom stereocenters. The Morgan fingerprint density at radius 2 is 2.05 bits per heavy atom. The van der Waals surface area contributed by atoms with Crippen molar-refractivity contribution in [2.45, 2.75) is 12.3 Å². The first-order chi connectivity index (χ1) is 9.10. The highest BCUT2D eigenvalue weighted by molar-refractivity contribution is 6.21. The van der Waals surface area contributed by atoms with Gasteiger partial charge in [-0.3, -0.25) is 0 Å². The fourth-order valence-corrected chi connectivity index (χ4v) is 2.19. The number of nitrogens with zero attached hydrogens (tertiary/aromatic N) is 1. The number of hydrogen-bond acceptors (Lipinski definition) is 4. The molecular weight excluding hydrogens is 270 g/mol. The highest BCUT2D eigenvalue weighted by Gasteiger charge is 2.44. The van der Waals surface area contributed by atoms with Crippen molar-refractivity contribution in [1.29, 1.82) is 0 Å². The Kier molecular flexibility index (Phi) is 4.26. The van der Waals surface area contributed by atoms with Gasteiger partial charge in [0.1, 0.15) is 6.61 Å². The maximum atomic E-state index is 11.4. The molecule has 0 aromatic heterocycles. The zero-order chi connectivity index (χ0) is 13.9. The van der Waals surface area contributed by atoms with Gasteiger partial charge in [-0.15, -0.1) is 0 Å². The van der Waals surface area contributed by atoms with Crippen LogP contribution < -0.4 is 11.5 Å². The predicted octanol–water partition coefficient (Wildman–Crippen LogP) is 0.879. The van der Waals surface area contributed by atoms with Gasteiger partial charge < -0.3 is 20.9 Å². The first-order valence-corrected chi connectivity index (χ1v) is 6.20. The fraction of sp³-hybridized carbons (Fsp3) is 0.417. The number of ether oxygens (including phenoxy) is 2. The molecule has 1 aromatic carbocycles. The van der Waals surface area contributed by atoms with Gasteiger partial charge >= 0.3 is 6.03 Å². The second-order valence-corrected chi connectivity index (χ2v) is 4.54. The molecule has 0 radical (unpaired) electrons. The standard InChI is InChI=1S/C12H16ClN3O3/c13-16(11(15)17)12(8-18-5-6-19-12)10-3-1-9(7-14)2-4-10/h1-4H,5-8,14H2,(H2,15,17). The van der Waals surface area contributed by atoms with Crippen LogP contribution in [0.2, 0.25) is 0 Å². The smallest absolute Gasteiger partial charge is 0.332 e. The summed E-state index contributed by atoms with van der Waals surface area (Å²) in [7, 11) is 0. The van der Waals surface area contributed by atoms with Crippen molar-refractivity contribution in [3.8, 4) is 0 Å². The van der Waals surface area contributed by atoms with Crippen molar-refractivity contribution < 1.29 is 14.3 Å². The Balaban J connectivity index is 2.38. The van der Waals surface area contributed by atoms with E-state index >= 15 is 0 Å². The van der Waals surface area contributed by atoms with Gasteiger partial charge in [0, 0.05) is 23.9 Å². The molecule has 2 amide bonds.